The maximum Gasteiger partial charge on any atom is 0.315 e. The highest BCUT2D eigenvalue weighted by Gasteiger charge is 2.12. The van der Waals surface area contributed by atoms with E-state index in [1.165, 1.54) is 9.75 Å². The summed E-state index contributed by atoms with van der Waals surface area (Å²) in [6.07, 6.45) is 1.29. The average molecular weight is 298 g/mol. The Hall–Kier alpha value is -1.56. The number of thiophene rings is 1. The Balaban J connectivity index is 2.28. The number of aryl methyl sites for hydroxylation is 1. The molecule has 0 aliphatic carbocycles. The van der Waals surface area contributed by atoms with E-state index < -0.39 is 5.97 Å². The highest BCUT2D eigenvalue weighted by molar-refractivity contribution is 7.11. The van der Waals surface area contributed by atoms with Crippen molar-refractivity contribution in [3.05, 3.63) is 21.9 Å². The van der Waals surface area contributed by atoms with Crippen molar-refractivity contribution in [2.45, 2.75) is 52.1 Å². The summed E-state index contributed by atoms with van der Waals surface area (Å²) >= 11 is 1.73. The quantitative estimate of drug-likeness (QED) is 0.724. The minimum atomic E-state index is -0.847. The van der Waals surface area contributed by atoms with Gasteiger partial charge in [-0.2, -0.15) is 0 Å². The van der Waals surface area contributed by atoms with Gasteiger partial charge in [-0.05, 0) is 39.3 Å². The molecule has 1 aromatic rings. The smallest absolute Gasteiger partial charge is 0.315 e. The minimum Gasteiger partial charge on any atom is -0.481 e. The Morgan fingerprint density at radius 2 is 1.90 bits per heavy atom. The van der Waals surface area contributed by atoms with E-state index in [9.17, 15) is 9.59 Å². The lowest BCUT2D eigenvalue weighted by atomic mass is 10.2. The van der Waals surface area contributed by atoms with Crippen LogP contribution in [-0.4, -0.2) is 29.2 Å². The van der Waals surface area contributed by atoms with E-state index in [0.717, 1.165) is 6.42 Å². The maximum atomic E-state index is 11.7. The summed E-state index contributed by atoms with van der Waals surface area (Å²) in [6.45, 7) is 5.81. The second-order valence-electron chi connectivity index (χ2n) is 5.07. The highest BCUT2D eigenvalue weighted by atomic mass is 32.1. The molecule has 0 fully saturated rings. The molecular weight excluding hydrogens is 276 g/mol. The summed E-state index contributed by atoms with van der Waals surface area (Å²) in [5.74, 6) is -0.847. The van der Waals surface area contributed by atoms with Crippen molar-refractivity contribution >= 4 is 23.3 Å². The molecule has 1 heterocycles. The number of carbonyl (C=O) groups is 2. The van der Waals surface area contributed by atoms with E-state index in [4.69, 9.17) is 5.11 Å². The predicted molar refractivity (Wildman–Crippen MR) is 80.2 cm³/mol. The van der Waals surface area contributed by atoms with Crippen LogP contribution in [0.3, 0.4) is 0 Å². The molecule has 0 aromatic carbocycles. The molecule has 0 spiro atoms. The number of aliphatic carboxylic acids is 1. The van der Waals surface area contributed by atoms with Crippen molar-refractivity contribution in [3.63, 3.8) is 0 Å². The third kappa shape index (κ3) is 6.56. The topological polar surface area (TPSA) is 78.4 Å². The number of carboxylic acids is 1. The molecule has 1 aromatic heterocycles. The van der Waals surface area contributed by atoms with Crippen molar-refractivity contribution in [1.82, 2.24) is 10.6 Å². The summed E-state index contributed by atoms with van der Waals surface area (Å²) in [4.78, 5) is 24.7. The van der Waals surface area contributed by atoms with E-state index in [1.54, 1.807) is 18.3 Å². The van der Waals surface area contributed by atoms with Crippen LogP contribution in [0.25, 0.3) is 0 Å². The normalized spacial score (nSPS) is 13.6. The van der Waals surface area contributed by atoms with Gasteiger partial charge in [0.05, 0.1) is 0 Å². The van der Waals surface area contributed by atoms with Gasteiger partial charge >= 0.3 is 12.0 Å². The first-order chi connectivity index (χ1) is 9.36. The van der Waals surface area contributed by atoms with Gasteiger partial charge in [-0.1, -0.05) is 0 Å². The van der Waals surface area contributed by atoms with E-state index in [-0.39, 0.29) is 24.5 Å². The Morgan fingerprint density at radius 1 is 1.25 bits per heavy atom. The second-order valence-corrected chi connectivity index (χ2v) is 6.44. The lowest BCUT2D eigenvalue weighted by molar-refractivity contribution is -0.137. The number of rotatable bonds is 7. The van der Waals surface area contributed by atoms with Crippen molar-refractivity contribution in [3.8, 4) is 0 Å². The largest absolute Gasteiger partial charge is 0.481 e. The predicted octanol–water partition coefficient (Wildman–Crippen LogP) is 2.54. The van der Waals surface area contributed by atoms with E-state index >= 15 is 0 Å². The Morgan fingerprint density at radius 3 is 2.45 bits per heavy atom. The molecule has 3 N–H and O–H groups in total. The molecule has 1 rings (SSSR count). The van der Waals surface area contributed by atoms with Crippen LogP contribution in [0.5, 0.6) is 0 Å². The molecule has 0 aliphatic rings. The molecule has 112 valence electrons. The van der Waals surface area contributed by atoms with Crippen molar-refractivity contribution in [2.75, 3.05) is 0 Å². The van der Waals surface area contributed by atoms with E-state index in [1.807, 2.05) is 6.92 Å². The molecule has 0 radical (unpaired) electrons. The van der Waals surface area contributed by atoms with Gasteiger partial charge < -0.3 is 15.7 Å². The summed E-state index contributed by atoms with van der Waals surface area (Å²) in [6, 6.07) is 3.79. The van der Waals surface area contributed by atoms with E-state index in [2.05, 4.69) is 29.7 Å². The van der Waals surface area contributed by atoms with Crippen LogP contribution in [0.15, 0.2) is 12.1 Å². The Kier molecular flexibility index (Phi) is 6.51. The fraction of sp³-hybridized carbons (Fsp3) is 0.571. The van der Waals surface area contributed by atoms with Crippen molar-refractivity contribution in [2.24, 2.45) is 0 Å². The molecular formula is C14H22N2O3S. The fourth-order valence-corrected chi connectivity index (χ4v) is 2.87. The maximum absolute atomic E-state index is 11.7. The van der Waals surface area contributed by atoms with E-state index in [0.29, 0.717) is 6.42 Å². The first-order valence-electron chi connectivity index (χ1n) is 6.71. The van der Waals surface area contributed by atoms with Crippen LogP contribution in [-0.2, 0) is 11.2 Å². The van der Waals surface area contributed by atoms with Gasteiger partial charge in [-0.15, -0.1) is 11.3 Å². The molecule has 0 saturated carbocycles. The third-order valence-corrected chi connectivity index (χ3v) is 3.87. The number of carbonyl (C=O) groups excluding carboxylic acids is 1. The van der Waals surface area contributed by atoms with Crippen LogP contribution in [0.2, 0.25) is 0 Å². The van der Waals surface area contributed by atoms with Gasteiger partial charge in [-0.25, -0.2) is 4.79 Å². The number of hydrogen-bond donors (Lipinski definition) is 3. The molecule has 2 amide bonds. The summed E-state index contributed by atoms with van der Waals surface area (Å²) in [5, 5.41) is 14.2. The standard InChI is InChI=1S/C14H22N2O3S/c1-9(4-7-13(17)18)15-14(19)16-10(2)8-12-6-5-11(3)20-12/h5-6,9-10H,4,7-8H2,1-3H3,(H,17,18)(H2,15,16,19). The Labute approximate surface area is 123 Å². The SMILES string of the molecule is Cc1ccc(CC(C)NC(=O)NC(C)CCC(=O)O)s1. The lowest BCUT2D eigenvalue weighted by Gasteiger charge is -2.17. The zero-order valence-electron chi connectivity index (χ0n) is 12.1. The second kappa shape index (κ2) is 7.89. The summed E-state index contributed by atoms with van der Waals surface area (Å²) < 4.78 is 0. The van der Waals surface area contributed by atoms with Gasteiger partial charge in [0.1, 0.15) is 0 Å². The Bertz CT molecular complexity index is 459. The fourth-order valence-electron chi connectivity index (χ4n) is 1.85. The number of hydrogen-bond acceptors (Lipinski definition) is 3. The van der Waals surface area contributed by atoms with Gasteiger partial charge in [0.2, 0.25) is 0 Å². The average Bonchev–Trinajstić information content (AvgIpc) is 2.71. The number of nitrogens with one attached hydrogen (secondary N) is 2. The van der Waals surface area contributed by atoms with Crippen LogP contribution in [0.1, 0.15) is 36.4 Å². The zero-order chi connectivity index (χ0) is 15.1. The van der Waals surface area contributed by atoms with Gasteiger partial charge in [0.15, 0.2) is 0 Å². The van der Waals surface area contributed by atoms with Gasteiger partial charge in [-0.3, -0.25) is 4.79 Å². The monoisotopic (exact) mass is 298 g/mol. The zero-order valence-corrected chi connectivity index (χ0v) is 12.9. The molecule has 20 heavy (non-hydrogen) atoms. The van der Waals surface area contributed by atoms with Crippen molar-refractivity contribution < 1.29 is 14.7 Å². The van der Waals surface area contributed by atoms with Gasteiger partial charge in [0, 0.05) is 34.7 Å². The first-order valence-corrected chi connectivity index (χ1v) is 7.52. The molecule has 5 nitrogen and oxygen atoms in total. The molecule has 2 atom stereocenters. The highest BCUT2D eigenvalue weighted by Crippen LogP contribution is 2.16. The first kappa shape index (κ1) is 16.5. The molecule has 0 saturated heterocycles. The third-order valence-electron chi connectivity index (χ3n) is 2.85. The molecule has 2 unspecified atom stereocenters. The van der Waals surface area contributed by atoms with Crippen LogP contribution < -0.4 is 10.6 Å². The molecule has 0 bridgehead atoms. The van der Waals surface area contributed by atoms with Crippen molar-refractivity contribution in [1.29, 1.82) is 0 Å². The number of urea groups is 1. The minimum absolute atomic E-state index is 0.0414. The lowest BCUT2D eigenvalue weighted by Crippen LogP contribution is -2.45. The molecule has 6 heteroatoms. The summed E-state index contributed by atoms with van der Waals surface area (Å²) in [7, 11) is 0. The van der Waals surface area contributed by atoms with Crippen LogP contribution in [0, 0.1) is 6.92 Å². The van der Waals surface area contributed by atoms with Crippen LogP contribution >= 0.6 is 11.3 Å². The van der Waals surface area contributed by atoms with Gasteiger partial charge in [0.25, 0.3) is 0 Å². The number of amides is 2. The molecule has 0 aliphatic heterocycles. The van der Waals surface area contributed by atoms with Crippen LogP contribution in [0.4, 0.5) is 4.79 Å². The summed E-state index contributed by atoms with van der Waals surface area (Å²) in [5.41, 5.74) is 0. The number of carboxylic acid groups (broad SMARTS) is 1.